The van der Waals surface area contributed by atoms with E-state index in [2.05, 4.69) is 17.6 Å². The van der Waals surface area contributed by atoms with Crippen molar-refractivity contribution in [2.45, 2.75) is 51.2 Å². The molecule has 130 valence electrons. The maximum atomic E-state index is 12.5. The fourth-order valence-corrected chi connectivity index (χ4v) is 2.81. The highest BCUT2D eigenvalue weighted by molar-refractivity contribution is 5.85. The van der Waals surface area contributed by atoms with E-state index in [-0.39, 0.29) is 24.4 Å². The van der Waals surface area contributed by atoms with Crippen LogP contribution >= 0.6 is 12.4 Å². The van der Waals surface area contributed by atoms with Crippen LogP contribution in [0.1, 0.15) is 50.7 Å². The van der Waals surface area contributed by atoms with Crippen LogP contribution in [-0.4, -0.2) is 31.6 Å². The molecule has 1 amide bonds. The molecule has 2 N–H and O–H groups in total. The molecule has 1 aliphatic carbocycles. The number of hydrogen-bond acceptors (Lipinski definition) is 3. The number of ether oxygens (including phenoxy) is 1. The SMILES string of the molecule is CCCNCCNC(=O)C(OC1CCCC1)c1ccccc1.Cl. The molecule has 2 rings (SSSR count). The third-order valence-corrected chi connectivity index (χ3v) is 4.00. The molecule has 0 bridgehead atoms. The van der Waals surface area contributed by atoms with Crippen LogP contribution in [0, 0.1) is 0 Å². The molecule has 0 saturated heterocycles. The Kier molecular flexibility index (Phi) is 9.92. The van der Waals surface area contributed by atoms with Gasteiger partial charge in [0.1, 0.15) is 0 Å². The van der Waals surface area contributed by atoms with Gasteiger partial charge in [-0.2, -0.15) is 0 Å². The molecule has 1 fully saturated rings. The first-order valence-electron chi connectivity index (χ1n) is 8.50. The molecule has 0 spiro atoms. The highest BCUT2D eigenvalue weighted by atomic mass is 35.5. The smallest absolute Gasteiger partial charge is 0.253 e. The van der Waals surface area contributed by atoms with E-state index in [1.54, 1.807) is 0 Å². The van der Waals surface area contributed by atoms with E-state index in [9.17, 15) is 4.79 Å². The van der Waals surface area contributed by atoms with Crippen LogP contribution in [0.15, 0.2) is 30.3 Å². The average molecular weight is 341 g/mol. The topological polar surface area (TPSA) is 50.4 Å². The minimum atomic E-state index is -0.490. The molecule has 23 heavy (non-hydrogen) atoms. The van der Waals surface area contributed by atoms with Gasteiger partial charge in [0.15, 0.2) is 6.10 Å². The molecule has 0 aliphatic heterocycles. The van der Waals surface area contributed by atoms with Crippen LogP contribution in [-0.2, 0) is 9.53 Å². The summed E-state index contributed by atoms with van der Waals surface area (Å²) in [6.45, 7) is 4.55. The van der Waals surface area contributed by atoms with Gasteiger partial charge >= 0.3 is 0 Å². The molecule has 1 unspecified atom stereocenters. The minimum Gasteiger partial charge on any atom is -0.360 e. The van der Waals surface area contributed by atoms with Crippen molar-refractivity contribution in [1.82, 2.24) is 10.6 Å². The summed E-state index contributed by atoms with van der Waals surface area (Å²) in [5.74, 6) is -0.0311. The lowest BCUT2D eigenvalue weighted by Gasteiger charge is -2.22. The van der Waals surface area contributed by atoms with Crippen molar-refractivity contribution in [2.24, 2.45) is 0 Å². The van der Waals surface area contributed by atoms with Crippen molar-refractivity contribution in [1.29, 1.82) is 0 Å². The zero-order valence-corrected chi connectivity index (χ0v) is 14.7. The molecule has 5 heteroatoms. The van der Waals surface area contributed by atoms with Gasteiger partial charge in [0.2, 0.25) is 0 Å². The number of carbonyl (C=O) groups is 1. The van der Waals surface area contributed by atoms with Crippen LogP contribution in [0.5, 0.6) is 0 Å². The van der Waals surface area contributed by atoms with Crippen molar-refractivity contribution in [3.63, 3.8) is 0 Å². The monoisotopic (exact) mass is 340 g/mol. The Hall–Kier alpha value is -1.10. The van der Waals surface area contributed by atoms with Crippen molar-refractivity contribution >= 4 is 18.3 Å². The first-order chi connectivity index (χ1) is 10.8. The third-order valence-electron chi connectivity index (χ3n) is 4.00. The summed E-state index contributed by atoms with van der Waals surface area (Å²) in [4.78, 5) is 12.5. The van der Waals surface area contributed by atoms with Gasteiger partial charge in [-0.25, -0.2) is 0 Å². The van der Waals surface area contributed by atoms with Gasteiger partial charge in [-0.05, 0) is 31.4 Å². The van der Waals surface area contributed by atoms with E-state index in [0.717, 1.165) is 37.9 Å². The van der Waals surface area contributed by atoms with Gasteiger partial charge in [0.05, 0.1) is 6.10 Å². The Morgan fingerprint density at radius 1 is 1.17 bits per heavy atom. The molecule has 4 nitrogen and oxygen atoms in total. The summed E-state index contributed by atoms with van der Waals surface area (Å²) >= 11 is 0. The molecule has 1 saturated carbocycles. The summed E-state index contributed by atoms with van der Waals surface area (Å²) < 4.78 is 6.11. The molecule has 1 atom stereocenters. The van der Waals surface area contributed by atoms with Crippen LogP contribution < -0.4 is 10.6 Å². The van der Waals surface area contributed by atoms with Crippen molar-refractivity contribution in [3.8, 4) is 0 Å². The standard InChI is InChI=1S/C18H28N2O2.ClH/c1-2-12-19-13-14-20-18(21)17(15-8-4-3-5-9-15)22-16-10-6-7-11-16;/h3-5,8-9,16-17,19H,2,6-7,10-14H2,1H3,(H,20,21);1H. The number of nitrogens with one attached hydrogen (secondary N) is 2. The maximum absolute atomic E-state index is 12.5. The first-order valence-corrected chi connectivity index (χ1v) is 8.50. The number of amides is 1. The summed E-state index contributed by atoms with van der Waals surface area (Å²) in [6.07, 6.45) is 5.36. The summed E-state index contributed by atoms with van der Waals surface area (Å²) in [5, 5.41) is 6.27. The van der Waals surface area contributed by atoms with Gasteiger partial charge < -0.3 is 15.4 Å². The van der Waals surface area contributed by atoms with Crippen LogP contribution in [0.25, 0.3) is 0 Å². The molecule has 0 radical (unpaired) electrons. The quantitative estimate of drug-likeness (QED) is 0.679. The van der Waals surface area contributed by atoms with Crippen LogP contribution in [0.3, 0.4) is 0 Å². The summed E-state index contributed by atoms with van der Waals surface area (Å²) in [5.41, 5.74) is 0.938. The Morgan fingerprint density at radius 3 is 2.52 bits per heavy atom. The second-order valence-corrected chi connectivity index (χ2v) is 5.87. The number of halogens is 1. The normalized spacial score (nSPS) is 15.9. The minimum absolute atomic E-state index is 0. The van der Waals surface area contributed by atoms with Crippen LogP contribution in [0.4, 0.5) is 0 Å². The number of carbonyl (C=O) groups excluding carboxylic acids is 1. The lowest BCUT2D eigenvalue weighted by Crippen LogP contribution is -2.37. The molecule has 1 aromatic carbocycles. The lowest BCUT2D eigenvalue weighted by atomic mass is 10.1. The van der Waals surface area contributed by atoms with Crippen molar-refractivity contribution in [3.05, 3.63) is 35.9 Å². The van der Waals surface area contributed by atoms with E-state index < -0.39 is 6.10 Å². The van der Waals surface area contributed by atoms with E-state index in [1.807, 2.05) is 30.3 Å². The molecule has 1 aromatic rings. The zero-order valence-electron chi connectivity index (χ0n) is 13.9. The number of rotatable bonds is 9. The highest BCUT2D eigenvalue weighted by Gasteiger charge is 2.26. The highest BCUT2D eigenvalue weighted by Crippen LogP contribution is 2.27. The molecular formula is C18H29ClN2O2. The molecule has 0 heterocycles. The van der Waals surface area contributed by atoms with Crippen LogP contribution in [0.2, 0.25) is 0 Å². The predicted molar refractivity (Wildman–Crippen MR) is 95.9 cm³/mol. The van der Waals surface area contributed by atoms with Gasteiger partial charge in [0.25, 0.3) is 5.91 Å². The predicted octanol–water partition coefficient (Wildman–Crippen LogP) is 3.22. The van der Waals surface area contributed by atoms with Gasteiger partial charge in [-0.1, -0.05) is 50.1 Å². The Labute approximate surface area is 145 Å². The van der Waals surface area contributed by atoms with Crippen molar-refractivity contribution in [2.75, 3.05) is 19.6 Å². The number of benzene rings is 1. The number of hydrogen-bond donors (Lipinski definition) is 2. The van der Waals surface area contributed by atoms with E-state index in [1.165, 1.54) is 12.8 Å². The second-order valence-electron chi connectivity index (χ2n) is 5.87. The first kappa shape index (κ1) is 19.9. The lowest BCUT2D eigenvalue weighted by molar-refractivity contribution is -0.137. The van der Waals surface area contributed by atoms with E-state index >= 15 is 0 Å². The Bertz CT molecular complexity index is 436. The van der Waals surface area contributed by atoms with E-state index in [4.69, 9.17) is 4.74 Å². The van der Waals surface area contributed by atoms with Gasteiger partial charge in [0, 0.05) is 13.1 Å². The fraction of sp³-hybridized carbons (Fsp3) is 0.611. The van der Waals surface area contributed by atoms with Gasteiger partial charge in [-0.15, -0.1) is 12.4 Å². The second kappa shape index (κ2) is 11.4. The average Bonchev–Trinajstić information content (AvgIpc) is 3.06. The maximum Gasteiger partial charge on any atom is 0.253 e. The van der Waals surface area contributed by atoms with E-state index in [0.29, 0.717) is 6.54 Å². The molecular weight excluding hydrogens is 312 g/mol. The van der Waals surface area contributed by atoms with Crippen molar-refractivity contribution < 1.29 is 9.53 Å². The largest absolute Gasteiger partial charge is 0.360 e. The molecule has 0 aromatic heterocycles. The molecule has 1 aliphatic rings. The summed E-state index contributed by atoms with van der Waals surface area (Å²) in [6, 6.07) is 9.80. The summed E-state index contributed by atoms with van der Waals surface area (Å²) in [7, 11) is 0. The zero-order chi connectivity index (χ0) is 15.6. The third kappa shape index (κ3) is 6.90. The Balaban J connectivity index is 0.00000264. The van der Waals surface area contributed by atoms with Gasteiger partial charge in [-0.3, -0.25) is 4.79 Å². The Morgan fingerprint density at radius 2 is 1.87 bits per heavy atom. The fourth-order valence-electron chi connectivity index (χ4n) is 2.81.